The summed E-state index contributed by atoms with van der Waals surface area (Å²) in [5.74, 6) is -0.117. The molecule has 1 aliphatic rings. The molecule has 0 bridgehead atoms. The summed E-state index contributed by atoms with van der Waals surface area (Å²) in [4.78, 5) is 36.2. The molecule has 5 aromatic rings. The summed E-state index contributed by atoms with van der Waals surface area (Å²) in [6, 6.07) is 20.4. The third-order valence-electron chi connectivity index (χ3n) is 7.18. The van der Waals surface area contributed by atoms with Gasteiger partial charge in [-0.1, -0.05) is 66.9 Å². The van der Waals surface area contributed by atoms with Crippen LogP contribution in [0.4, 0.5) is 5.69 Å². The number of amides is 2. The van der Waals surface area contributed by atoms with Crippen molar-refractivity contribution in [2.45, 2.75) is 51.2 Å². The van der Waals surface area contributed by atoms with E-state index in [9.17, 15) is 9.59 Å². The maximum absolute atomic E-state index is 14.1. The smallest absolute Gasteiger partial charge is 0.251 e. The van der Waals surface area contributed by atoms with E-state index < -0.39 is 6.04 Å². The third kappa shape index (κ3) is 5.48. The molecular weight excluding hydrogens is 522 g/mol. The van der Waals surface area contributed by atoms with Crippen LogP contribution in [0.15, 0.2) is 78.3 Å². The molecule has 0 spiro atoms. The Bertz CT molecular complexity index is 1630. The molecular formula is C30H29N7O2S. The van der Waals surface area contributed by atoms with Gasteiger partial charge < -0.3 is 5.32 Å². The topological polar surface area (TPSA) is 106 Å². The van der Waals surface area contributed by atoms with E-state index in [1.165, 1.54) is 21.0 Å². The van der Waals surface area contributed by atoms with Gasteiger partial charge in [-0.2, -0.15) is 4.80 Å². The van der Waals surface area contributed by atoms with Gasteiger partial charge in [-0.15, -0.1) is 21.5 Å². The van der Waals surface area contributed by atoms with E-state index >= 15 is 0 Å². The third-order valence-corrected chi connectivity index (χ3v) is 8.11. The molecule has 1 fully saturated rings. The number of nitrogens with zero attached hydrogens (tertiary/aromatic N) is 6. The molecule has 2 amide bonds. The van der Waals surface area contributed by atoms with Gasteiger partial charge in [0, 0.05) is 21.9 Å². The molecule has 0 radical (unpaired) electrons. The first kappa shape index (κ1) is 25.8. The standard InChI is InChI=1S/C30H29N7O2S/c1-20-12-14-21(15-13-20)29-33-35-36(34-29)19-27(38)37(24-17-22-7-2-5-10-25(22)31-18-24)28(26-11-6-16-40-26)30(39)32-23-8-3-4-9-23/h2,5-7,10-18,23,28H,3-4,8-9,19H2,1H3,(H,32,39)/t28-/m0/s1. The van der Waals surface area contributed by atoms with E-state index in [4.69, 9.17) is 0 Å². The van der Waals surface area contributed by atoms with E-state index in [2.05, 4.69) is 25.7 Å². The lowest BCUT2D eigenvalue weighted by atomic mass is 10.1. The maximum Gasteiger partial charge on any atom is 0.251 e. The van der Waals surface area contributed by atoms with Gasteiger partial charge in [0.05, 0.1) is 17.4 Å². The van der Waals surface area contributed by atoms with Crippen molar-refractivity contribution in [1.82, 2.24) is 30.5 Å². The second-order valence-corrected chi connectivity index (χ2v) is 11.0. The van der Waals surface area contributed by atoms with Crippen molar-refractivity contribution in [1.29, 1.82) is 0 Å². The first-order chi connectivity index (χ1) is 19.5. The van der Waals surface area contributed by atoms with E-state index in [-0.39, 0.29) is 24.4 Å². The quantitative estimate of drug-likeness (QED) is 0.288. The zero-order chi connectivity index (χ0) is 27.5. The van der Waals surface area contributed by atoms with Crippen molar-refractivity contribution in [2.75, 3.05) is 4.90 Å². The van der Waals surface area contributed by atoms with Gasteiger partial charge in [-0.25, -0.2) is 0 Å². The Kier molecular flexibility index (Phi) is 7.33. The number of thiophene rings is 1. The Labute approximate surface area is 235 Å². The number of tetrazole rings is 1. The van der Waals surface area contributed by atoms with Crippen molar-refractivity contribution >= 4 is 39.7 Å². The zero-order valence-electron chi connectivity index (χ0n) is 22.1. The summed E-state index contributed by atoms with van der Waals surface area (Å²) in [5, 5.41) is 18.8. The van der Waals surface area contributed by atoms with Gasteiger partial charge in [0.25, 0.3) is 5.91 Å². The summed E-state index contributed by atoms with van der Waals surface area (Å²) < 4.78 is 0. The van der Waals surface area contributed by atoms with Crippen LogP contribution < -0.4 is 10.2 Å². The maximum atomic E-state index is 14.1. The van der Waals surface area contributed by atoms with Gasteiger partial charge in [0.2, 0.25) is 11.7 Å². The van der Waals surface area contributed by atoms with Gasteiger partial charge in [0.1, 0.15) is 12.6 Å². The predicted molar refractivity (Wildman–Crippen MR) is 155 cm³/mol. The first-order valence-corrected chi connectivity index (χ1v) is 14.3. The summed E-state index contributed by atoms with van der Waals surface area (Å²) in [6.07, 6.45) is 5.72. The number of rotatable bonds is 8. The van der Waals surface area contributed by atoms with Crippen LogP contribution >= 0.6 is 11.3 Å². The van der Waals surface area contributed by atoms with E-state index in [0.717, 1.165) is 52.6 Å². The number of para-hydroxylation sites is 1. The molecule has 3 aromatic heterocycles. The van der Waals surface area contributed by atoms with Crippen LogP contribution in [-0.4, -0.2) is 43.0 Å². The average Bonchev–Trinajstić information content (AvgIpc) is 3.76. The largest absolute Gasteiger partial charge is 0.351 e. The van der Waals surface area contributed by atoms with Crippen LogP contribution in [0, 0.1) is 6.92 Å². The molecule has 9 nitrogen and oxygen atoms in total. The second-order valence-electron chi connectivity index (χ2n) is 10.1. The van der Waals surface area contributed by atoms with E-state index in [1.54, 1.807) is 6.20 Å². The summed E-state index contributed by atoms with van der Waals surface area (Å²) in [5.41, 5.74) is 3.28. The Balaban J connectivity index is 1.37. The molecule has 6 rings (SSSR count). The Morgan fingerprint density at radius 2 is 1.88 bits per heavy atom. The fraction of sp³-hybridized carbons (Fsp3) is 0.267. The van der Waals surface area contributed by atoms with E-state index in [1.807, 2.05) is 79.0 Å². The Hall–Kier alpha value is -4.44. The number of aryl methyl sites for hydroxylation is 1. The number of hydrogen-bond donors (Lipinski definition) is 1. The SMILES string of the molecule is Cc1ccc(-c2nnn(CC(=O)N(c3cnc4ccccc4c3)[C@H](C(=O)NC3CCCC3)c3cccs3)n2)cc1. The van der Waals surface area contributed by atoms with Crippen molar-refractivity contribution < 1.29 is 9.59 Å². The molecule has 0 aliphatic heterocycles. The van der Waals surface area contributed by atoms with E-state index in [0.29, 0.717) is 11.5 Å². The molecule has 2 aromatic carbocycles. The van der Waals surface area contributed by atoms with Gasteiger partial charge >= 0.3 is 0 Å². The molecule has 1 saturated carbocycles. The number of nitrogens with one attached hydrogen (secondary N) is 1. The Morgan fingerprint density at radius 3 is 2.65 bits per heavy atom. The number of fused-ring (bicyclic) bond motifs is 1. The number of carbonyl (C=O) groups is 2. The van der Waals surface area contributed by atoms with Crippen LogP contribution in [0.25, 0.3) is 22.3 Å². The molecule has 10 heteroatoms. The molecule has 0 saturated heterocycles. The average molecular weight is 552 g/mol. The Morgan fingerprint density at radius 1 is 1.07 bits per heavy atom. The van der Waals surface area contributed by atoms with Crippen molar-refractivity contribution in [2.24, 2.45) is 0 Å². The molecule has 40 heavy (non-hydrogen) atoms. The highest BCUT2D eigenvalue weighted by molar-refractivity contribution is 7.10. The zero-order valence-corrected chi connectivity index (χ0v) is 22.9. The molecule has 1 N–H and O–H groups in total. The molecule has 202 valence electrons. The summed E-state index contributed by atoms with van der Waals surface area (Å²) in [6.45, 7) is 1.82. The molecule has 3 heterocycles. The van der Waals surface area contributed by atoms with Gasteiger partial charge in [0.15, 0.2) is 0 Å². The van der Waals surface area contributed by atoms with Crippen LogP contribution in [0.5, 0.6) is 0 Å². The summed E-state index contributed by atoms with van der Waals surface area (Å²) in [7, 11) is 0. The fourth-order valence-electron chi connectivity index (χ4n) is 5.12. The lowest BCUT2D eigenvalue weighted by molar-refractivity contribution is -0.127. The summed E-state index contributed by atoms with van der Waals surface area (Å²) >= 11 is 1.44. The number of aromatic nitrogens is 5. The lowest BCUT2D eigenvalue weighted by Gasteiger charge is -2.31. The normalized spacial score (nSPS) is 14.3. The number of anilines is 1. The highest BCUT2D eigenvalue weighted by Gasteiger charge is 2.35. The van der Waals surface area contributed by atoms with Crippen LogP contribution in [0.2, 0.25) is 0 Å². The minimum absolute atomic E-state index is 0.107. The van der Waals surface area contributed by atoms with Crippen LogP contribution in [0.3, 0.4) is 0 Å². The van der Waals surface area contributed by atoms with Crippen LogP contribution in [-0.2, 0) is 16.1 Å². The highest BCUT2D eigenvalue weighted by atomic mass is 32.1. The lowest BCUT2D eigenvalue weighted by Crippen LogP contribution is -2.47. The van der Waals surface area contributed by atoms with Gasteiger partial charge in [-0.05, 0) is 48.6 Å². The van der Waals surface area contributed by atoms with Crippen molar-refractivity contribution in [3.05, 3.63) is 88.7 Å². The minimum atomic E-state index is -0.865. The monoisotopic (exact) mass is 551 g/mol. The minimum Gasteiger partial charge on any atom is -0.351 e. The van der Waals surface area contributed by atoms with Crippen molar-refractivity contribution in [3.8, 4) is 11.4 Å². The second kappa shape index (κ2) is 11.4. The fourth-order valence-corrected chi connectivity index (χ4v) is 5.94. The predicted octanol–water partition coefficient (Wildman–Crippen LogP) is 5.09. The van der Waals surface area contributed by atoms with Crippen LogP contribution in [0.1, 0.15) is 42.2 Å². The molecule has 1 aliphatic carbocycles. The number of benzene rings is 2. The van der Waals surface area contributed by atoms with Crippen molar-refractivity contribution in [3.63, 3.8) is 0 Å². The number of carbonyl (C=O) groups excluding carboxylic acids is 2. The number of pyridine rings is 1. The molecule has 0 unspecified atom stereocenters. The highest BCUT2D eigenvalue weighted by Crippen LogP contribution is 2.33. The van der Waals surface area contributed by atoms with Gasteiger partial charge in [-0.3, -0.25) is 19.5 Å². The first-order valence-electron chi connectivity index (χ1n) is 13.4. The number of hydrogen-bond acceptors (Lipinski definition) is 7. The molecule has 1 atom stereocenters.